The number of rotatable bonds is 0. The molecule has 1 aromatic rings. The maximum Gasteiger partial charge on any atom is 0.176 e. The first kappa shape index (κ1) is 8.62. The molecule has 1 N–H and O–H groups in total. The van der Waals surface area contributed by atoms with Crippen LogP contribution in [-0.2, 0) is 4.79 Å². The lowest BCUT2D eigenvalue weighted by atomic mass is 10.4. The lowest BCUT2D eigenvalue weighted by Gasteiger charge is -1.74. The number of carboxylic acid groups (broad SMARTS) is 1. The maximum atomic E-state index is 8.25. The molecule has 0 radical (unpaired) electrons. The molecule has 0 aliphatic rings. The molecule has 0 aliphatic carbocycles. The van der Waals surface area contributed by atoms with E-state index in [1.165, 1.54) is 5.69 Å². The Morgan fingerprint density at radius 2 is 2.20 bits per heavy atom. The third kappa shape index (κ3) is 4.77. The molecule has 0 bridgehead atoms. The minimum atomic E-state index is -0.500. The third-order valence-corrected chi connectivity index (χ3v) is 0.865. The van der Waals surface area contributed by atoms with E-state index in [0.717, 1.165) is 0 Å². The van der Waals surface area contributed by atoms with Crippen LogP contribution < -0.4 is 10.1 Å². The number of aromatic nitrogens is 1. The number of aromatic amines is 1. The van der Waals surface area contributed by atoms with Crippen molar-refractivity contribution in [2.75, 3.05) is 0 Å². The van der Waals surface area contributed by atoms with Gasteiger partial charge in [0, 0.05) is 25.5 Å². The Labute approximate surface area is 59.3 Å². The van der Waals surface area contributed by atoms with Gasteiger partial charge in [0.15, 0.2) is 11.9 Å². The van der Waals surface area contributed by atoms with Crippen LogP contribution in [0.1, 0.15) is 5.69 Å². The second kappa shape index (κ2) is 5.75. The zero-order valence-corrected chi connectivity index (χ0v) is 5.70. The first-order chi connectivity index (χ1) is 4.81. The summed E-state index contributed by atoms with van der Waals surface area (Å²) < 4.78 is 0. The Bertz CT molecular complexity index is 174. The van der Waals surface area contributed by atoms with Crippen molar-refractivity contribution in [3.8, 4) is 0 Å². The monoisotopic (exact) mass is 139 g/mol. The summed E-state index contributed by atoms with van der Waals surface area (Å²) in [6, 6.07) is 6.00. The molecular formula is C7H9NO2. The average molecular weight is 139 g/mol. The van der Waals surface area contributed by atoms with Crippen molar-refractivity contribution in [3.05, 3.63) is 30.1 Å². The molecule has 0 aliphatic heterocycles. The van der Waals surface area contributed by atoms with Gasteiger partial charge in [-0.15, -0.1) is 0 Å². The van der Waals surface area contributed by atoms with E-state index in [4.69, 9.17) is 9.90 Å². The minimum absolute atomic E-state index is 0.500. The summed E-state index contributed by atoms with van der Waals surface area (Å²) >= 11 is 0. The first-order valence-corrected chi connectivity index (χ1v) is 2.80. The van der Waals surface area contributed by atoms with Gasteiger partial charge in [0.25, 0.3) is 0 Å². The van der Waals surface area contributed by atoms with Crippen LogP contribution in [-0.4, -0.2) is 6.47 Å². The molecule has 0 amide bonds. The molecule has 0 saturated carbocycles. The van der Waals surface area contributed by atoms with Gasteiger partial charge in [0.1, 0.15) is 0 Å². The van der Waals surface area contributed by atoms with E-state index < -0.39 is 6.47 Å². The molecule has 1 rings (SSSR count). The van der Waals surface area contributed by atoms with E-state index in [1.807, 2.05) is 31.3 Å². The number of carbonyl (C=O) groups is 1. The van der Waals surface area contributed by atoms with Crippen LogP contribution in [0, 0.1) is 6.92 Å². The molecule has 1 aromatic heterocycles. The summed E-state index contributed by atoms with van der Waals surface area (Å²) in [6.45, 7) is 1.53. The normalized spacial score (nSPS) is 7.30. The molecule has 3 heteroatoms. The van der Waals surface area contributed by atoms with Crippen molar-refractivity contribution in [1.82, 2.24) is 0 Å². The lowest BCUT2D eigenvalue weighted by molar-refractivity contribution is -0.387. The van der Waals surface area contributed by atoms with E-state index in [9.17, 15) is 0 Å². The summed E-state index contributed by atoms with van der Waals surface area (Å²) in [5, 5.41) is 8.25. The fraction of sp³-hybridized carbons (Fsp3) is 0.143. The summed E-state index contributed by atoms with van der Waals surface area (Å²) in [6.07, 6.45) is 1.91. The van der Waals surface area contributed by atoms with E-state index in [2.05, 4.69) is 4.98 Å². The zero-order valence-electron chi connectivity index (χ0n) is 5.70. The van der Waals surface area contributed by atoms with Gasteiger partial charge in [0.2, 0.25) is 0 Å². The van der Waals surface area contributed by atoms with Crippen LogP contribution >= 0.6 is 0 Å². The molecule has 0 atom stereocenters. The Morgan fingerprint density at radius 1 is 1.60 bits per heavy atom. The SMILES string of the molecule is Cc1cccc[nH+]1.O=C[O-]. The largest absolute Gasteiger partial charge is 0.554 e. The van der Waals surface area contributed by atoms with E-state index in [0.29, 0.717) is 0 Å². The lowest BCUT2D eigenvalue weighted by Crippen LogP contribution is -2.02. The highest BCUT2D eigenvalue weighted by Crippen LogP contribution is 1.80. The molecule has 0 fully saturated rings. The number of H-pyrrole nitrogens is 1. The van der Waals surface area contributed by atoms with Gasteiger partial charge in [-0.25, -0.2) is 4.98 Å². The van der Waals surface area contributed by atoms with Crippen molar-refractivity contribution in [2.24, 2.45) is 0 Å². The van der Waals surface area contributed by atoms with Crippen molar-refractivity contribution in [1.29, 1.82) is 0 Å². The topological polar surface area (TPSA) is 54.3 Å². The fourth-order valence-corrected chi connectivity index (χ4v) is 0.483. The highest BCUT2D eigenvalue weighted by molar-refractivity contribution is 5.29. The van der Waals surface area contributed by atoms with Gasteiger partial charge in [-0.3, -0.25) is 0 Å². The van der Waals surface area contributed by atoms with Gasteiger partial charge in [-0.05, 0) is 0 Å². The summed E-state index contributed by atoms with van der Waals surface area (Å²) in [7, 11) is 0. The Kier molecular flexibility index (Phi) is 4.96. The van der Waals surface area contributed by atoms with Crippen molar-refractivity contribution >= 4 is 6.47 Å². The quantitative estimate of drug-likeness (QED) is 0.441. The second-order valence-electron chi connectivity index (χ2n) is 1.64. The third-order valence-electron chi connectivity index (χ3n) is 0.865. The molecule has 0 aromatic carbocycles. The molecule has 0 saturated heterocycles. The molecule has 0 unspecified atom stereocenters. The molecule has 1 heterocycles. The highest BCUT2D eigenvalue weighted by Gasteiger charge is 1.81. The Morgan fingerprint density at radius 3 is 2.40 bits per heavy atom. The van der Waals surface area contributed by atoms with Crippen LogP contribution in [0.5, 0.6) is 0 Å². The summed E-state index contributed by atoms with van der Waals surface area (Å²) in [4.78, 5) is 11.3. The number of hydrogen-bond donors (Lipinski definition) is 0. The average Bonchev–Trinajstić information content (AvgIpc) is 1.91. The summed E-state index contributed by atoms with van der Waals surface area (Å²) in [5.74, 6) is 0. The summed E-state index contributed by atoms with van der Waals surface area (Å²) in [5.41, 5.74) is 1.20. The van der Waals surface area contributed by atoms with Gasteiger partial charge >= 0.3 is 0 Å². The van der Waals surface area contributed by atoms with E-state index in [1.54, 1.807) is 0 Å². The molecule has 3 nitrogen and oxygen atoms in total. The van der Waals surface area contributed by atoms with Gasteiger partial charge in [-0.1, -0.05) is 6.07 Å². The van der Waals surface area contributed by atoms with Crippen molar-refractivity contribution in [3.63, 3.8) is 0 Å². The van der Waals surface area contributed by atoms with Gasteiger partial charge in [0.05, 0.1) is 0 Å². The number of nitrogens with one attached hydrogen (secondary N) is 1. The Balaban J connectivity index is 0.000000236. The fourth-order valence-electron chi connectivity index (χ4n) is 0.483. The predicted octanol–water partition coefficient (Wildman–Crippen LogP) is -0.825. The minimum Gasteiger partial charge on any atom is -0.554 e. The van der Waals surface area contributed by atoms with E-state index in [-0.39, 0.29) is 0 Å². The number of pyridine rings is 1. The molecule has 54 valence electrons. The van der Waals surface area contributed by atoms with Crippen LogP contribution in [0.3, 0.4) is 0 Å². The standard InChI is InChI=1S/C6H7N.CH2O2/c1-6-4-2-3-5-7-6;2-1-3/h2-5H,1H3;1H,(H,2,3). The Hall–Kier alpha value is -1.38. The second-order valence-corrected chi connectivity index (χ2v) is 1.64. The van der Waals surface area contributed by atoms with Crippen LogP contribution in [0.4, 0.5) is 0 Å². The number of aryl methyl sites for hydroxylation is 1. The molecular weight excluding hydrogens is 130 g/mol. The van der Waals surface area contributed by atoms with Gasteiger partial charge < -0.3 is 9.90 Å². The molecule has 10 heavy (non-hydrogen) atoms. The van der Waals surface area contributed by atoms with Crippen LogP contribution in [0.25, 0.3) is 0 Å². The molecule has 0 spiro atoms. The predicted molar refractivity (Wildman–Crippen MR) is 33.8 cm³/mol. The number of hydrogen-bond acceptors (Lipinski definition) is 2. The van der Waals surface area contributed by atoms with Crippen LogP contribution in [0.2, 0.25) is 0 Å². The number of carbonyl (C=O) groups excluding carboxylic acids is 1. The maximum absolute atomic E-state index is 8.25. The van der Waals surface area contributed by atoms with Crippen molar-refractivity contribution < 1.29 is 14.9 Å². The zero-order chi connectivity index (χ0) is 7.82. The first-order valence-electron chi connectivity index (χ1n) is 2.80. The van der Waals surface area contributed by atoms with Crippen molar-refractivity contribution in [2.45, 2.75) is 6.92 Å². The highest BCUT2D eigenvalue weighted by atomic mass is 16.3. The smallest absolute Gasteiger partial charge is 0.176 e. The van der Waals surface area contributed by atoms with E-state index >= 15 is 0 Å². The van der Waals surface area contributed by atoms with Gasteiger partial charge in [-0.2, -0.15) is 0 Å². The van der Waals surface area contributed by atoms with Crippen LogP contribution in [0.15, 0.2) is 24.4 Å².